The van der Waals surface area contributed by atoms with Crippen molar-refractivity contribution in [2.75, 3.05) is 37.7 Å². The molecule has 3 rings (SSSR count). The monoisotopic (exact) mass is 426 g/mol. The number of benzene rings is 2. The molecule has 2 aromatic rings. The second kappa shape index (κ2) is 9.39. The summed E-state index contributed by atoms with van der Waals surface area (Å²) in [6, 6.07) is 12.3. The van der Waals surface area contributed by atoms with Crippen molar-refractivity contribution in [1.29, 1.82) is 0 Å². The Kier molecular flexibility index (Phi) is 6.90. The van der Waals surface area contributed by atoms with E-state index in [0.717, 1.165) is 12.1 Å². The van der Waals surface area contributed by atoms with Crippen molar-refractivity contribution in [2.24, 2.45) is 0 Å². The van der Waals surface area contributed by atoms with Gasteiger partial charge in [-0.15, -0.1) is 0 Å². The highest BCUT2D eigenvalue weighted by atomic mass is 35.5. The maximum atomic E-state index is 12.9. The molecule has 0 atom stereocenters. The number of piperazine rings is 1. The topological polar surface area (TPSA) is 32.8 Å². The fourth-order valence-electron chi connectivity index (χ4n) is 3.20. The SMILES string of the molecule is O=C(CCCOc1ccc(Cl)cc1)N1CCN(c2cccc(C(F)(F)F)c2)CC1. The van der Waals surface area contributed by atoms with Crippen LogP contribution in [0.2, 0.25) is 5.02 Å². The normalized spacial score (nSPS) is 14.8. The third-order valence-corrected chi connectivity index (χ3v) is 5.04. The zero-order valence-corrected chi connectivity index (χ0v) is 16.5. The van der Waals surface area contributed by atoms with Crippen LogP contribution < -0.4 is 9.64 Å². The second-order valence-electron chi connectivity index (χ2n) is 6.82. The zero-order valence-electron chi connectivity index (χ0n) is 15.8. The van der Waals surface area contributed by atoms with Crippen molar-refractivity contribution in [3.05, 3.63) is 59.1 Å². The van der Waals surface area contributed by atoms with E-state index in [-0.39, 0.29) is 5.91 Å². The summed E-state index contributed by atoms with van der Waals surface area (Å²) in [5, 5.41) is 0.636. The number of alkyl halides is 3. The summed E-state index contributed by atoms with van der Waals surface area (Å²) < 4.78 is 44.3. The molecule has 2 aromatic carbocycles. The van der Waals surface area contributed by atoms with Gasteiger partial charge in [0, 0.05) is 43.3 Å². The first kappa shape index (κ1) is 21.3. The van der Waals surface area contributed by atoms with Crippen molar-refractivity contribution >= 4 is 23.2 Å². The van der Waals surface area contributed by atoms with Crippen LogP contribution in [0.3, 0.4) is 0 Å². The van der Waals surface area contributed by atoms with Crippen LogP contribution in [0.5, 0.6) is 5.75 Å². The van der Waals surface area contributed by atoms with Gasteiger partial charge in [0.15, 0.2) is 0 Å². The number of anilines is 1. The summed E-state index contributed by atoms with van der Waals surface area (Å²) in [6.45, 7) is 2.43. The second-order valence-corrected chi connectivity index (χ2v) is 7.26. The molecule has 0 aromatic heterocycles. The van der Waals surface area contributed by atoms with Gasteiger partial charge in [0.05, 0.1) is 12.2 Å². The minimum Gasteiger partial charge on any atom is -0.494 e. The van der Waals surface area contributed by atoms with E-state index in [1.165, 1.54) is 6.07 Å². The largest absolute Gasteiger partial charge is 0.494 e. The van der Waals surface area contributed by atoms with Gasteiger partial charge in [-0.3, -0.25) is 4.79 Å². The fourth-order valence-corrected chi connectivity index (χ4v) is 3.32. The lowest BCUT2D eigenvalue weighted by Crippen LogP contribution is -2.48. The molecule has 0 saturated carbocycles. The average Bonchev–Trinajstić information content (AvgIpc) is 2.72. The van der Waals surface area contributed by atoms with Crippen LogP contribution in [-0.4, -0.2) is 43.6 Å². The average molecular weight is 427 g/mol. The predicted octanol–water partition coefficient (Wildman–Crippen LogP) is 4.87. The van der Waals surface area contributed by atoms with Gasteiger partial charge < -0.3 is 14.5 Å². The van der Waals surface area contributed by atoms with E-state index < -0.39 is 11.7 Å². The van der Waals surface area contributed by atoms with E-state index in [2.05, 4.69) is 0 Å². The first-order chi connectivity index (χ1) is 13.8. The third kappa shape index (κ3) is 6.03. The fraction of sp³-hybridized carbons (Fsp3) is 0.381. The molecule has 0 bridgehead atoms. The summed E-state index contributed by atoms with van der Waals surface area (Å²) in [5.41, 5.74) is -0.127. The standard InChI is InChI=1S/C21H22ClF3N2O2/c22-17-6-8-19(9-7-17)29-14-2-5-20(28)27-12-10-26(11-13-27)18-4-1-3-16(15-18)21(23,24)25/h1,3-4,6-9,15H,2,5,10-14H2. The molecule has 1 heterocycles. The minimum atomic E-state index is -4.36. The van der Waals surface area contributed by atoms with Crippen LogP contribution in [0.15, 0.2) is 48.5 Å². The van der Waals surface area contributed by atoms with Gasteiger partial charge in [0.2, 0.25) is 5.91 Å². The lowest BCUT2D eigenvalue weighted by molar-refractivity contribution is -0.137. The Morgan fingerprint density at radius 3 is 2.38 bits per heavy atom. The number of rotatable bonds is 6. The summed E-state index contributed by atoms with van der Waals surface area (Å²) in [4.78, 5) is 16.0. The molecule has 156 valence electrons. The van der Waals surface area contributed by atoms with E-state index in [9.17, 15) is 18.0 Å². The minimum absolute atomic E-state index is 0.0356. The van der Waals surface area contributed by atoms with Crippen molar-refractivity contribution in [3.63, 3.8) is 0 Å². The Hall–Kier alpha value is -2.41. The lowest BCUT2D eigenvalue weighted by Gasteiger charge is -2.36. The number of amides is 1. The molecule has 0 aliphatic carbocycles. The molecular formula is C21H22ClF3N2O2. The Bertz CT molecular complexity index is 819. The maximum absolute atomic E-state index is 12.9. The Balaban J connectivity index is 1.42. The summed E-state index contributed by atoms with van der Waals surface area (Å²) in [6.07, 6.45) is -3.39. The summed E-state index contributed by atoms with van der Waals surface area (Å²) >= 11 is 5.82. The van der Waals surface area contributed by atoms with Crippen molar-refractivity contribution in [1.82, 2.24) is 4.90 Å². The van der Waals surface area contributed by atoms with Crippen LogP contribution >= 0.6 is 11.6 Å². The van der Waals surface area contributed by atoms with Gasteiger partial charge in [-0.1, -0.05) is 17.7 Å². The number of hydrogen-bond acceptors (Lipinski definition) is 3. The van der Waals surface area contributed by atoms with E-state index >= 15 is 0 Å². The molecule has 1 fully saturated rings. The van der Waals surface area contributed by atoms with Crippen LogP contribution in [0.1, 0.15) is 18.4 Å². The number of nitrogens with zero attached hydrogens (tertiary/aromatic N) is 2. The highest BCUT2D eigenvalue weighted by molar-refractivity contribution is 6.30. The van der Waals surface area contributed by atoms with Gasteiger partial charge in [-0.2, -0.15) is 13.2 Å². The van der Waals surface area contributed by atoms with Crippen LogP contribution in [0, 0.1) is 0 Å². The van der Waals surface area contributed by atoms with Gasteiger partial charge >= 0.3 is 6.18 Å². The zero-order chi connectivity index (χ0) is 20.9. The predicted molar refractivity (Wildman–Crippen MR) is 106 cm³/mol. The molecule has 29 heavy (non-hydrogen) atoms. The third-order valence-electron chi connectivity index (χ3n) is 4.79. The van der Waals surface area contributed by atoms with Gasteiger partial charge in [-0.25, -0.2) is 0 Å². The molecule has 8 heteroatoms. The molecule has 0 spiro atoms. The Morgan fingerprint density at radius 2 is 1.72 bits per heavy atom. The first-order valence-corrected chi connectivity index (χ1v) is 9.79. The molecule has 1 aliphatic rings. The quantitative estimate of drug-likeness (QED) is 0.618. The van der Waals surface area contributed by atoms with Crippen molar-refractivity contribution < 1.29 is 22.7 Å². The molecule has 4 nitrogen and oxygen atoms in total. The Morgan fingerprint density at radius 1 is 1.03 bits per heavy atom. The highest BCUT2D eigenvalue weighted by Gasteiger charge is 2.31. The Labute approximate surface area is 172 Å². The number of carbonyl (C=O) groups excluding carboxylic acids is 1. The maximum Gasteiger partial charge on any atom is 0.416 e. The molecule has 0 unspecified atom stereocenters. The molecular weight excluding hydrogens is 405 g/mol. The van der Waals surface area contributed by atoms with E-state index in [1.54, 1.807) is 35.2 Å². The van der Waals surface area contributed by atoms with Gasteiger partial charge in [0.1, 0.15) is 5.75 Å². The summed E-state index contributed by atoms with van der Waals surface area (Å²) in [5.74, 6) is 0.741. The van der Waals surface area contributed by atoms with E-state index in [0.29, 0.717) is 62.1 Å². The van der Waals surface area contributed by atoms with E-state index in [1.807, 2.05) is 4.90 Å². The van der Waals surface area contributed by atoms with Crippen LogP contribution in [-0.2, 0) is 11.0 Å². The van der Waals surface area contributed by atoms with E-state index in [4.69, 9.17) is 16.3 Å². The molecule has 1 aliphatic heterocycles. The molecule has 1 amide bonds. The molecule has 1 saturated heterocycles. The number of hydrogen-bond donors (Lipinski definition) is 0. The van der Waals surface area contributed by atoms with Crippen LogP contribution in [0.25, 0.3) is 0 Å². The lowest BCUT2D eigenvalue weighted by atomic mass is 10.1. The van der Waals surface area contributed by atoms with Crippen LogP contribution in [0.4, 0.5) is 18.9 Å². The number of carbonyl (C=O) groups is 1. The number of ether oxygens (including phenoxy) is 1. The molecule has 0 N–H and O–H groups in total. The molecule has 0 radical (unpaired) electrons. The first-order valence-electron chi connectivity index (χ1n) is 9.41. The van der Waals surface area contributed by atoms with Gasteiger partial charge in [-0.05, 0) is 48.9 Å². The number of halogens is 4. The highest BCUT2D eigenvalue weighted by Crippen LogP contribution is 2.31. The van der Waals surface area contributed by atoms with Crippen molar-refractivity contribution in [3.8, 4) is 5.75 Å². The van der Waals surface area contributed by atoms with Crippen molar-refractivity contribution in [2.45, 2.75) is 19.0 Å². The smallest absolute Gasteiger partial charge is 0.416 e. The summed E-state index contributed by atoms with van der Waals surface area (Å²) in [7, 11) is 0. The van der Waals surface area contributed by atoms with Gasteiger partial charge in [0.25, 0.3) is 0 Å².